The van der Waals surface area contributed by atoms with Gasteiger partial charge in [0.05, 0.1) is 0 Å². The van der Waals surface area contributed by atoms with Crippen LogP contribution in [0.15, 0.2) is 54.6 Å². The molecule has 7 heteroatoms. The second-order valence-corrected chi connectivity index (χ2v) is 8.05. The number of benzene rings is 2. The SMILES string of the molecule is N#Cc1c(N)nc(OCC2CCCCN2Cc2ccccc2)c(C#N)c1-c1ccccc1F. The highest BCUT2D eigenvalue weighted by molar-refractivity contribution is 5.82. The zero-order chi connectivity index (χ0) is 23.2. The number of nitrogen functional groups attached to an aromatic ring is 1. The fourth-order valence-corrected chi connectivity index (χ4v) is 4.29. The average molecular weight is 442 g/mol. The van der Waals surface area contributed by atoms with Crippen LogP contribution in [-0.2, 0) is 6.54 Å². The highest BCUT2D eigenvalue weighted by atomic mass is 19.1. The molecule has 0 radical (unpaired) electrons. The summed E-state index contributed by atoms with van der Waals surface area (Å²) in [5.41, 5.74) is 7.46. The van der Waals surface area contributed by atoms with Crippen molar-refractivity contribution in [3.05, 3.63) is 77.1 Å². The van der Waals surface area contributed by atoms with Crippen LogP contribution in [0.5, 0.6) is 5.88 Å². The topological polar surface area (TPSA) is 99.0 Å². The van der Waals surface area contributed by atoms with Crippen LogP contribution in [0.25, 0.3) is 11.1 Å². The van der Waals surface area contributed by atoms with Gasteiger partial charge in [-0.2, -0.15) is 15.5 Å². The van der Waals surface area contributed by atoms with Gasteiger partial charge in [0.2, 0.25) is 5.88 Å². The van der Waals surface area contributed by atoms with Crippen molar-refractivity contribution in [2.45, 2.75) is 31.8 Å². The first-order chi connectivity index (χ1) is 16.1. The van der Waals surface area contributed by atoms with Gasteiger partial charge < -0.3 is 10.5 Å². The molecule has 1 aliphatic rings. The number of halogens is 1. The van der Waals surface area contributed by atoms with E-state index in [1.165, 1.54) is 17.7 Å². The van der Waals surface area contributed by atoms with E-state index in [4.69, 9.17) is 10.5 Å². The van der Waals surface area contributed by atoms with E-state index in [0.717, 1.165) is 32.4 Å². The summed E-state index contributed by atoms with van der Waals surface area (Å²) in [5.74, 6) is -0.615. The summed E-state index contributed by atoms with van der Waals surface area (Å²) in [6.45, 7) is 2.08. The number of likely N-dealkylation sites (tertiary alicyclic amines) is 1. The third kappa shape index (κ3) is 4.79. The molecule has 0 amide bonds. The fourth-order valence-electron chi connectivity index (χ4n) is 4.29. The van der Waals surface area contributed by atoms with E-state index in [1.54, 1.807) is 12.1 Å². The number of nitrogens with two attached hydrogens (primary N) is 1. The number of rotatable bonds is 6. The predicted octanol–water partition coefficient (Wildman–Crippen LogP) is 4.65. The molecule has 4 rings (SSSR count). The lowest BCUT2D eigenvalue weighted by atomic mass is 9.96. The summed E-state index contributed by atoms with van der Waals surface area (Å²) in [5, 5.41) is 19.5. The minimum Gasteiger partial charge on any atom is -0.475 e. The van der Waals surface area contributed by atoms with Gasteiger partial charge in [-0.1, -0.05) is 55.0 Å². The highest BCUT2D eigenvalue weighted by Gasteiger charge is 2.26. The van der Waals surface area contributed by atoms with E-state index in [-0.39, 0.29) is 40.0 Å². The Labute approximate surface area is 192 Å². The third-order valence-corrected chi connectivity index (χ3v) is 5.95. The van der Waals surface area contributed by atoms with Crippen molar-refractivity contribution < 1.29 is 9.13 Å². The molecule has 1 aliphatic heterocycles. The van der Waals surface area contributed by atoms with E-state index in [0.29, 0.717) is 6.61 Å². The molecule has 0 spiro atoms. The first-order valence-electron chi connectivity index (χ1n) is 10.9. The van der Waals surface area contributed by atoms with E-state index < -0.39 is 5.82 Å². The number of nitrogens with zero attached hydrogens (tertiary/aromatic N) is 4. The minimum absolute atomic E-state index is 0.0104. The molecular weight excluding hydrogens is 417 g/mol. The van der Waals surface area contributed by atoms with Gasteiger partial charge in [-0.15, -0.1) is 0 Å². The number of piperidine rings is 1. The molecule has 2 N–H and O–H groups in total. The van der Waals surface area contributed by atoms with Gasteiger partial charge in [-0.3, -0.25) is 4.90 Å². The maximum absolute atomic E-state index is 14.6. The molecule has 1 atom stereocenters. The number of hydrogen-bond donors (Lipinski definition) is 1. The maximum Gasteiger partial charge on any atom is 0.234 e. The molecule has 1 aromatic heterocycles. The van der Waals surface area contributed by atoms with Crippen LogP contribution in [0.3, 0.4) is 0 Å². The Hall–Kier alpha value is -3.94. The summed E-state index contributed by atoms with van der Waals surface area (Å²) in [6.07, 6.45) is 3.17. The molecule has 2 heterocycles. The van der Waals surface area contributed by atoms with E-state index in [1.807, 2.05) is 24.3 Å². The molecule has 0 aliphatic carbocycles. The Morgan fingerprint density at radius 3 is 2.48 bits per heavy atom. The molecule has 3 aromatic rings. The van der Waals surface area contributed by atoms with Crippen molar-refractivity contribution in [2.75, 3.05) is 18.9 Å². The molecule has 0 bridgehead atoms. The number of anilines is 1. The lowest BCUT2D eigenvalue weighted by molar-refractivity contribution is 0.0914. The van der Waals surface area contributed by atoms with Crippen LogP contribution in [0, 0.1) is 28.5 Å². The Morgan fingerprint density at radius 2 is 1.76 bits per heavy atom. The number of pyridine rings is 1. The summed E-state index contributed by atoms with van der Waals surface area (Å²) in [4.78, 5) is 6.56. The zero-order valence-corrected chi connectivity index (χ0v) is 18.2. The van der Waals surface area contributed by atoms with Crippen molar-refractivity contribution in [1.29, 1.82) is 10.5 Å². The van der Waals surface area contributed by atoms with E-state index in [2.05, 4.69) is 28.1 Å². The van der Waals surface area contributed by atoms with Crippen LogP contribution in [0.1, 0.15) is 36.0 Å². The summed E-state index contributed by atoms with van der Waals surface area (Å²) >= 11 is 0. The average Bonchev–Trinajstić information content (AvgIpc) is 2.84. The number of ether oxygens (including phenoxy) is 1. The largest absolute Gasteiger partial charge is 0.475 e. The van der Waals surface area contributed by atoms with Crippen molar-refractivity contribution in [3.8, 4) is 29.1 Å². The lowest BCUT2D eigenvalue weighted by Gasteiger charge is -2.35. The fraction of sp³-hybridized carbons (Fsp3) is 0.269. The lowest BCUT2D eigenvalue weighted by Crippen LogP contribution is -2.42. The highest BCUT2D eigenvalue weighted by Crippen LogP contribution is 2.36. The van der Waals surface area contributed by atoms with Crippen molar-refractivity contribution in [2.24, 2.45) is 0 Å². The monoisotopic (exact) mass is 441 g/mol. The van der Waals surface area contributed by atoms with E-state index >= 15 is 0 Å². The zero-order valence-electron chi connectivity index (χ0n) is 18.2. The molecule has 1 unspecified atom stereocenters. The Bertz CT molecular complexity index is 1220. The summed E-state index contributed by atoms with van der Waals surface area (Å²) in [7, 11) is 0. The Morgan fingerprint density at radius 1 is 1.03 bits per heavy atom. The van der Waals surface area contributed by atoms with Gasteiger partial charge >= 0.3 is 0 Å². The molecule has 166 valence electrons. The normalized spacial score (nSPS) is 16.0. The van der Waals surface area contributed by atoms with Gasteiger partial charge in [0.1, 0.15) is 41.5 Å². The van der Waals surface area contributed by atoms with Gasteiger partial charge in [0.15, 0.2) is 0 Å². The Balaban J connectivity index is 1.63. The number of hydrogen-bond acceptors (Lipinski definition) is 6. The van der Waals surface area contributed by atoms with Gasteiger partial charge in [0, 0.05) is 23.7 Å². The van der Waals surface area contributed by atoms with Crippen molar-refractivity contribution in [1.82, 2.24) is 9.88 Å². The summed E-state index contributed by atoms with van der Waals surface area (Å²) in [6, 6.07) is 20.4. The van der Waals surface area contributed by atoms with Crippen LogP contribution >= 0.6 is 0 Å². The summed E-state index contributed by atoms with van der Waals surface area (Å²) < 4.78 is 20.6. The standard InChI is InChI=1S/C26H24FN5O/c27-23-12-5-4-11-20(23)24-21(14-28)25(30)31-26(22(24)15-29)33-17-19-10-6-7-13-32(19)16-18-8-2-1-3-9-18/h1-5,8-9,11-12,19H,6-7,10,13,16-17H2,(H2,30,31). The quantitative estimate of drug-likeness (QED) is 0.598. The van der Waals surface area contributed by atoms with Gasteiger partial charge in [-0.25, -0.2) is 4.39 Å². The second kappa shape index (κ2) is 10.1. The van der Waals surface area contributed by atoms with Crippen LogP contribution in [-0.4, -0.2) is 29.1 Å². The second-order valence-electron chi connectivity index (χ2n) is 8.05. The maximum atomic E-state index is 14.6. The first-order valence-corrected chi connectivity index (χ1v) is 10.9. The van der Waals surface area contributed by atoms with Gasteiger partial charge in [-0.05, 0) is 31.0 Å². The van der Waals surface area contributed by atoms with Crippen molar-refractivity contribution >= 4 is 5.82 Å². The molecule has 2 aromatic carbocycles. The molecule has 33 heavy (non-hydrogen) atoms. The number of aromatic nitrogens is 1. The minimum atomic E-state index is -0.552. The van der Waals surface area contributed by atoms with Crippen LogP contribution < -0.4 is 10.5 Å². The van der Waals surface area contributed by atoms with Crippen LogP contribution in [0.2, 0.25) is 0 Å². The van der Waals surface area contributed by atoms with Crippen LogP contribution in [0.4, 0.5) is 10.2 Å². The third-order valence-electron chi connectivity index (χ3n) is 5.95. The first kappa shape index (κ1) is 22.3. The van der Waals surface area contributed by atoms with Gasteiger partial charge in [0.25, 0.3) is 0 Å². The molecule has 1 fully saturated rings. The molecule has 1 saturated heterocycles. The molecular formula is C26H24FN5O. The predicted molar refractivity (Wildman–Crippen MR) is 123 cm³/mol. The molecule has 0 saturated carbocycles. The number of nitriles is 2. The molecule has 6 nitrogen and oxygen atoms in total. The smallest absolute Gasteiger partial charge is 0.234 e. The van der Waals surface area contributed by atoms with E-state index in [9.17, 15) is 14.9 Å². The Kier molecular flexibility index (Phi) is 6.83. The van der Waals surface area contributed by atoms with Crippen molar-refractivity contribution in [3.63, 3.8) is 0 Å².